The summed E-state index contributed by atoms with van der Waals surface area (Å²) in [6.07, 6.45) is 0.969. The van der Waals surface area contributed by atoms with E-state index < -0.39 is 19.4 Å². The first-order valence-electron chi connectivity index (χ1n) is 3.39. The van der Waals surface area contributed by atoms with Crippen molar-refractivity contribution in [1.29, 1.82) is 0 Å². The van der Waals surface area contributed by atoms with Gasteiger partial charge in [-0.25, -0.2) is 0 Å². The van der Waals surface area contributed by atoms with Crippen LogP contribution >= 0.6 is 7.80 Å². The van der Waals surface area contributed by atoms with Gasteiger partial charge in [0.05, 0.1) is 7.80 Å². The SMILES string of the molecule is CCC(C(=O)O)[PH](=O)CC. The lowest BCUT2D eigenvalue weighted by Crippen LogP contribution is -2.15. The standard InChI is InChI=1S/C6H13O3P/c1-3-5(6(7)8)10(9)4-2/h5,10H,3-4H2,1-2H3,(H,7,8). The molecule has 0 saturated heterocycles. The van der Waals surface area contributed by atoms with Gasteiger partial charge in [0.15, 0.2) is 0 Å². The first-order chi connectivity index (χ1) is 4.63. The van der Waals surface area contributed by atoms with Gasteiger partial charge in [0, 0.05) is 0 Å². The van der Waals surface area contributed by atoms with Gasteiger partial charge >= 0.3 is 5.97 Å². The fraction of sp³-hybridized carbons (Fsp3) is 0.833. The van der Waals surface area contributed by atoms with Crippen LogP contribution in [0.3, 0.4) is 0 Å². The first kappa shape index (κ1) is 9.70. The average molecular weight is 164 g/mol. The van der Waals surface area contributed by atoms with E-state index in [0.29, 0.717) is 12.6 Å². The summed E-state index contributed by atoms with van der Waals surface area (Å²) in [5.74, 6) is -0.923. The van der Waals surface area contributed by atoms with Crippen molar-refractivity contribution < 1.29 is 14.5 Å². The van der Waals surface area contributed by atoms with Crippen LogP contribution in [0.15, 0.2) is 0 Å². The van der Waals surface area contributed by atoms with Gasteiger partial charge in [0.1, 0.15) is 5.66 Å². The maximum Gasteiger partial charge on any atom is 0.313 e. The summed E-state index contributed by atoms with van der Waals surface area (Å²) in [6.45, 7) is 3.50. The Kier molecular flexibility index (Phi) is 4.37. The lowest BCUT2D eigenvalue weighted by atomic mass is 10.3. The largest absolute Gasteiger partial charge is 0.481 e. The van der Waals surface area contributed by atoms with E-state index in [1.165, 1.54) is 0 Å². The van der Waals surface area contributed by atoms with E-state index in [9.17, 15) is 9.36 Å². The van der Waals surface area contributed by atoms with Gasteiger partial charge in [-0.15, -0.1) is 0 Å². The van der Waals surface area contributed by atoms with Crippen LogP contribution in [0.1, 0.15) is 20.3 Å². The molecule has 0 amide bonds. The number of rotatable bonds is 4. The number of aliphatic carboxylic acids is 1. The van der Waals surface area contributed by atoms with Crippen molar-refractivity contribution in [3.05, 3.63) is 0 Å². The Balaban J connectivity index is 4.06. The van der Waals surface area contributed by atoms with Gasteiger partial charge in [-0.05, 0) is 12.6 Å². The van der Waals surface area contributed by atoms with Gasteiger partial charge in [-0.2, -0.15) is 0 Å². The summed E-state index contributed by atoms with van der Waals surface area (Å²) in [5, 5.41) is 8.50. The third kappa shape index (κ3) is 2.53. The molecule has 0 bridgehead atoms. The lowest BCUT2D eigenvalue weighted by Gasteiger charge is -2.06. The van der Waals surface area contributed by atoms with Crippen LogP contribution in [0.2, 0.25) is 0 Å². The van der Waals surface area contributed by atoms with Crippen molar-refractivity contribution in [3.8, 4) is 0 Å². The van der Waals surface area contributed by atoms with Crippen LogP contribution in [0.5, 0.6) is 0 Å². The molecule has 4 heteroatoms. The van der Waals surface area contributed by atoms with Crippen LogP contribution in [0.4, 0.5) is 0 Å². The molecule has 2 atom stereocenters. The molecule has 0 spiro atoms. The van der Waals surface area contributed by atoms with E-state index in [1.807, 2.05) is 0 Å². The van der Waals surface area contributed by atoms with E-state index >= 15 is 0 Å². The van der Waals surface area contributed by atoms with Crippen LogP contribution in [0.25, 0.3) is 0 Å². The zero-order valence-electron chi connectivity index (χ0n) is 6.26. The normalized spacial score (nSPS) is 16.2. The molecule has 0 saturated carbocycles. The van der Waals surface area contributed by atoms with Crippen molar-refractivity contribution in [3.63, 3.8) is 0 Å². The van der Waals surface area contributed by atoms with Crippen molar-refractivity contribution >= 4 is 13.8 Å². The Hall–Kier alpha value is -0.300. The first-order valence-corrected chi connectivity index (χ1v) is 5.08. The molecule has 60 valence electrons. The Morgan fingerprint density at radius 2 is 2.10 bits per heavy atom. The van der Waals surface area contributed by atoms with Gasteiger partial charge in [0.25, 0.3) is 0 Å². The maximum atomic E-state index is 11.0. The summed E-state index contributed by atoms with van der Waals surface area (Å²) >= 11 is 0. The Morgan fingerprint density at radius 1 is 1.60 bits per heavy atom. The van der Waals surface area contributed by atoms with Gasteiger partial charge < -0.3 is 9.67 Å². The average Bonchev–Trinajstić information content (AvgIpc) is 1.88. The van der Waals surface area contributed by atoms with E-state index in [1.54, 1.807) is 13.8 Å². The fourth-order valence-corrected chi connectivity index (χ4v) is 2.01. The summed E-state index contributed by atoms with van der Waals surface area (Å²) in [7, 11) is -1.87. The van der Waals surface area contributed by atoms with Gasteiger partial charge in [-0.3, -0.25) is 4.79 Å². The highest BCUT2D eigenvalue weighted by atomic mass is 31.1. The van der Waals surface area contributed by atoms with Crippen LogP contribution in [0, 0.1) is 0 Å². The third-order valence-corrected chi connectivity index (χ3v) is 3.57. The highest BCUT2D eigenvalue weighted by Gasteiger charge is 2.19. The van der Waals surface area contributed by atoms with Gasteiger partial charge in [0.2, 0.25) is 0 Å². The molecule has 0 radical (unpaired) electrons. The molecule has 2 unspecified atom stereocenters. The zero-order chi connectivity index (χ0) is 8.15. The number of carboxylic acids is 1. The molecule has 0 aromatic heterocycles. The minimum atomic E-state index is -1.87. The van der Waals surface area contributed by atoms with Crippen molar-refractivity contribution in [2.75, 3.05) is 6.16 Å². The molecule has 0 aromatic rings. The quantitative estimate of drug-likeness (QED) is 0.639. The summed E-state index contributed by atoms with van der Waals surface area (Å²) in [5.41, 5.74) is -0.602. The van der Waals surface area contributed by atoms with Crippen molar-refractivity contribution in [1.82, 2.24) is 0 Å². The molecule has 0 fully saturated rings. The molecular weight excluding hydrogens is 151 g/mol. The van der Waals surface area contributed by atoms with Gasteiger partial charge in [-0.1, -0.05) is 13.8 Å². The highest BCUT2D eigenvalue weighted by Crippen LogP contribution is 2.29. The van der Waals surface area contributed by atoms with Crippen LogP contribution in [-0.4, -0.2) is 22.9 Å². The molecule has 0 rings (SSSR count). The predicted molar refractivity (Wildman–Crippen MR) is 41.3 cm³/mol. The lowest BCUT2D eigenvalue weighted by molar-refractivity contribution is -0.136. The summed E-state index contributed by atoms with van der Waals surface area (Å²) < 4.78 is 11.0. The number of carboxylic acid groups (broad SMARTS) is 1. The Morgan fingerprint density at radius 3 is 2.20 bits per heavy atom. The fourth-order valence-electron chi connectivity index (χ4n) is 0.786. The third-order valence-electron chi connectivity index (χ3n) is 1.44. The monoisotopic (exact) mass is 164 g/mol. The number of carbonyl (C=O) groups is 1. The smallest absolute Gasteiger partial charge is 0.313 e. The van der Waals surface area contributed by atoms with E-state index in [-0.39, 0.29) is 0 Å². The highest BCUT2D eigenvalue weighted by molar-refractivity contribution is 7.46. The molecule has 0 aliphatic rings. The second-order valence-corrected chi connectivity index (χ2v) is 4.46. The van der Waals surface area contributed by atoms with Crippen LogP contribution < -0.4 is 0 Å². The second-order valence-electron chi connectivity index (χ2n) is 2.12. The molecule has 0 aliphatic carbocycles. The molecular formula is C6H13O3P. The molecule has 1 N–H and O–H groups in total. The van der Waals surface area contributed by atoms with E-state index in [0.717, 1.165) is 0 Å². The number of hydrogen-bond acceptors (Lipinski definition) is 2. The Bertz CT molecular complexity index is 144. The van der Waals surface area contributed by atoms with Crippen molar-refractivity contribution in [2.45, 2.75) is 25.9 Å². The maximum absolute atomic E-state index is 11.0. The molecule has 10 heavy (non-hydrogen) atoms. The predicted octanol–water partition coefficient (Wildman–Crippen LogP) is 1.43. The van der Waals surface area contributed by atoms with E-state index in [4.69, 9.17) is 5.11 Å². The minimum Gasteiger partial charge on any atom is -0.481 e. The topological polar surface area (TPSA) is 54.4 Å². The molecule has 0 aliphatic heterocycles. The van der Waals surface area contributed by atoms with Crippen molar-refractivity contribution in [2.24, 2.45) is 0 Å². The minimum absolute atomic E-state index is 0.473. The Labute approximate surface area is 61.2 Å². The number of hydrogen-bond donors (Lipinski definition) is 1. The summed E-state index contributed by atoms with van der Waals surface area (Å²) in [6, 6.07) is 0. The molecule has 0 aromatic carbocycles. The zero-order valence-corrected chi connectivity index (χ0v) is 7.26. The summed E-state index contributed by atoms with van der Waals surface area (Å²) in [4.78, 5) is 10.4. The van der Waals surface area contributed by atoms with Crippen LogP contribution in [-0.2, 0) is 9.36 Å². The molecule has 3 nitrogen and oxygen atoms in total. The second kappa shape index (κ2) is 4.51. The molecule has 0 heterocycles. The van der Waals surface area contributed by atoms with E-state index in [2.05, 4.69) is 0 Å².